The molecule has 0 aromatic carbocycles. The number of likely N-dealkylation sites (N-methyl/N-ethyl adjacent to an activating group) is 1. The summed E-state index contributed by atoms with van der Waals surface area (Å²) in [7, 11) is 3.45. The average molecular weight is 182 g/mol. The predicted octanol–water partition coefficient (Wildman–Crippen LogP) is -0.570. The second kappa shape index (κ2) is 4.04. The normalized spacial score (nSPS) is 10.1. The fourth-order valence-corrected chi connectivity index (χ4v) is 0.896. The maximum absolute atomic E-state index is 11.3. The molecule has 0 radical (unpaired) electrons. The summed E-state index contributed by atoms with van der Waals surface area (Å²) in [4.78, 5) is 16.8. The molecule has 0 saturated heterocycles. The second-order valence-corrected chi connectivity index (χ2v) is 3.03. The van der Waals surface area contributed by atoms with E-state index in [-0.39, 0.29) is 5.91 Å². The number of rotatable bonds is 3. The third kappa shape index (κ3) is 2.55. The van der Waals surface area contributed by atoms with Gasteiger partial charge in [-0.3, -0.25) is 4.79 Å². The van der Waals surface area contributed by atoms with E-state index in [2.05, 4.69) is 4.98 Å². The van der Waals surface area contributed by atoms with E-state index in [1.807, 2.05) is 0 Å². The molecule has 1 rings (SSSR count). The van der Waals surface area contributed by atoms with E-state index in [1.165, 1.54) is 0 Å². The maximum Gasteiger partial charge on any atom is 0.242 e. The summed E-state index contributed by atoms with van der Waals surface area (Å²) in [5.74, 6) is 0.0426. The van der Waals surface area contributed by atoms with Crippen molar-refractivity contribution in [1.82, 2.24) is 14.5 Å². The van der Waals surface area contributed by atoms with Crippen molar-refractivity contribution in [2.24, 2.45) is 5.73 Å². The summed E-state index contributed by atoms with van der Waals surface area (Å²) in [5, 5.41) is 0. The Bertz CT molecular complexity index is 292. The summed E-state index contributed by atoms with van der Waals surface area (Å²) in [6, 6.07) is 0. The molecule has 0 aliphatic heterocycles. The summed E-state index contributed by atoms with van der Waals surface area (Å²) in [6.07, 6.45) is 3.39. The van der Waals surface area contributed by atoms with E-state index >= 15 is 0 Å². The number of carbonyl (C=O) groups excluding carboxylic acids is 1. The first kappa shape index (κ1) is 9.73. The third-order valence-corrected chi connectivity index (χ3v) is 1.71. The van der Waals surface area contributed by atoms with Crippen LogP contribution in [-0.4, -0.2) is 34.5 Å². The molecule has 1 heterocycles. The van der Waals surface area contributed by atoms with Crippen LogP contribution >= 0.6 is 0 Å². The molecule has 72 valence electrons. The average Bonchev–Trinajstić information content (AvgIpc) is 2.52. The van der Waals surface area contributed by atoms with Gasteiger partial charge in [-0.15, -0.1) is 0 Å². The largest absolute Gasteiger partial charge is 0.347 e. The third-order valence-electron chi connectivity index (χ3n) is 1.71. The van der Waals surface area contributed by atoms with E-state index in [1.54, 1.807) is 36.1 Å². The Hall–Kier alpha value is -1.36. The molecule has 1 aromatic rings. The molecule has 13 heavy (non-hydrogen) atoms. The molecule has 0 aliphatic carbocycles. The van der Waals surface area contributed by atoms with E-state index in [4.69, 9.17) is 5.73 Å². The van der Waals surface area contributed by atoms with Crippen molar-refractivity contribution in [3.05, 3.63) is 18.2 Å². The zero-order valence-electron chi connectivity index (χ0n) is 7.90. The van der Waals surface area contributed by atoms with Crippen molar-refractivity contribution < 1.29 is 4.79 Å². The van der Waals surface area contributed by atoms with Gasteiger partial charge < -0.3 is 15.2 Å². The summed E-state index contributed by atoms with van der Waals surface area (Å²) in [6.45, 7) is 0.725. The zero-order chi connectivity index (χ0) is 9.84. The smallest absolute Gasteiger partial charge is 0.242 e. The van der Waals surface area contributed by atoms with Gasteiger partial charge in [-0.1, -0.05) is 0 Å². The van der Waals surface area contributed by atoms with Gasteiger partial charge in [0, 0.05) is 26.8 Å². The van der Waals surface area contributed by atoms with Gasteiger partial charge in [0.2, 0.25) is 5.91 Å². The molecule has 0 unspecified atom stereocenters. The Morgan fingerprint density at radius 3 is 2.85 bits per heavy atom. The maximum atomic E-state index is 11.3. The van der Waals surface area contributed by atoms with Crippen molar-refractivity contribution in [3.63, 3.8) is 0 Å². The fourth-order valence-electron chi connectivity index (χ4n) is 0.896. The van der Waals surface area contributed by atoms with Crippen LogP contribution in [0.3, 0.4) is 0 Å². The van der Waals surface area contributed by atoms with Gasteiger partial charge in [-0.25, -0.2) is 4.98 Å². The lowest BCUT2D eigenvalue weighted by Crippen LogP contribution is -2.25. The van der Waals surface area contributed by atoms with Crippen molar-refractivity contribution in [2.75, 3.05) is 14.1 Å². The lowest BCUT2D eigenvalue weighted by molar-refractivity contribution is -0.129. The molecule has 0 aliphatic rings. The molecule has 2 N–H and O–H groups in total. The Morgan fingerprint density at radius 2 is 2.38 bits per heavy atom. The van der Waals surface area contributed by atoms with Gasteiger partial charge in [0.1, 0.15) is 6.54 Å². The van der Waals surface area contributed by atoms with E-state index in [0.29, 0.717) is 13.1 Å². The van der Waals surface area contributed by atoms with Crippen LogP contribution in [-0.2, 0) is 17.9 Å². The van der Waals surface area contributed by atoms with Crippen LogP contribution in [0.25, 0.3) is 0 Å². The zero-order valence-corrected chi connectivity index (χ0v) is 7.90. The summed E-state index contributed by atoms with van der Waals surface area (Å²) >= 11 is 0. The number of nitrogens with two attached hydrogens (primary N) is 1. The Kier molecular flexibility index (Phi) is 3.02. The lowest BCUT2D eigenvalue weighted by atomic mass is 10.5. The van der Waals surface area contributed by atoms with Gasteiger partial charge in [0.15, 0.2) is 0 Å². The van der Waals surface area contributed by atoms with Crippen LogP contribution in [0.1, 0.15) is 5.69 Å². The van der Waals surface area contributed by atoms with E-state index in [0.717, 1.165) is 5.69 Å². The summed E-state index contributed by atoms with van der Waals surface area (Å²) < 4.78 is 1.73. The molecule has 0 spiro atoms. The second-order valence-electron chi connectivity index (χ2n) is 3.03. The molecule has 0 fully saturated rings. The van der Waals surface area contributed by atoms with Crippen LogP contribution in [0.2, 0.25) is 0 Å². The highest BCUT2D eigenvalue weighted by Crippen LogP contribution is 1.95. The van der Waals surface area contributed by atoms with E-state index in [9.17, 15) is 4.79 Å². The minimum Gasteiger partial charge on any atom is -0.347 e. The fraction of sp³-hybridized carbons (Fsp3) is 0.500. The molecular formula is C8H14N4O. The van der Waals surface area contributed by atoms with Gasteiger partial charge in [0.25, 0.3) is 0 Å². The van der Waals surface area contributed by atoms with Gasteiger partial charge in [0.05, 0.1) is 12.0 Å². The van der Waals surface area contributed by atoms with Gasteiger partial charge in [-0.2, -0.15) is 0 Å². The highest BCUT2D eigenvalue weighted by Gasteiger charge is 2.05. The first-order chi connectivity index (χ1) is 6.13. The monoisotopic (exact) mass is 182 g/mol. The SMILES string of the molecule is CN(C)C(=O)Cn1cnc(CN)c1. The van der Waals surface area contributed by atoms with Gasteiger partial charge >= 0.3 is 0 Å². The number of imidazole rings is 1. The van der Waals surface area contributed by atoms with Crippen molar-refractivity contribution in [3.8, 4) is 0 Å². The minimum absolute atomic E-state index is 0.0426. The number of amides is 1. The standard InChI is InChI=1S/C8H14N4O/c1-11(2)8(13)5-12-4-7(3-9)10-6-12/h4,6H,3,5,9H2,1-2H3. The highest BCUT2D eigenvalue weighted by molar-refractivity contribution is 5.75. The molecular weight excluding hydrogens is 168 g/mol. The quantitative estimate of drug-likeness (QED) is 0.681. The summed E-state index contributed by atoms with van der Waals surface area (Å²) in [5.41, 5.74) is 6.18. The molecule has 5 nitrogen and oxygen atoms in total. The van der Waals surface area contributed by atoms with Crippen molar-refractivity contribution >= 4 is 5.91 Å². The van der Waals surface area contributed by atoms with Gasteiger partial charge in [-0.05, 0) is 0 Å². The Labute approximate surface area is 77.2 Å². The highest BCUT2D eigenvalue weighted by atomic mass is 16.2. The molecule has 0 saturated carbocycles. The Morgan fingerprint density at radius 1 is 1.69 bits per heavy atom. The van der Waals surface area contributed by atoms with Crippen LogP contribution in [0.4, 0.5) is 0 Å². The molecule has 5 heteroatoms. The minimum atomic E-state index is 0.0426. The number of aromatic nitrogens is 2. The molecule has 0 atom stereocenters. The van der Waals surface area contributed by atoms with Crippen LogP contribution in [0.5, 0.6) is 0 Å². The first-order valence-electron chi connectivity index (χ1n) is 4.04. The van der Waals surface area contributed by atoms with E-state index < -0.39 is 0 Å². The first-order valence-corrected chi connectivity index (χ1v) is 4.04. The Balaban J connectivity index is 2.59. The molecule has 1 aromatic heterocycles. The predicted molar refractivity (Wildman–Crippen MR) is 48.8 cm³/mol. The van der Waals surface area contributed by atoms with Crippen LogP contribution in [0, 0.1) is 0 Å². The number of hydrogen-bond donors (Lipinski definition) is 1. The van der Waals surface area contributed by atoms with Crippen LogP contribution in [0.15, 0.2) is 12.5 Å². The molecule has 1 amide bonds. The number of hydrogen-bond acceptors (Lipinski definition) is 3. The van der Waals surface area contributed by atoms with Crippen LogP contribution < -0.4 is 5.73 Å². The van der Waals surface area contributed by atoms with Crippen molar-refractivity contribution in [1.29, 1.82) is 0 Å². The van der Waals surface area contributed by atoms with Crippen molar-refractivity contribution in [2.45, 2.75) is 13.1 Å². The molecule has 0 bridgehead atoms. The lowest BCUT2D eigenvalue weighted by Gasteiger charge is -2.09. The topological polar surface area (TPSA) is 64.2 Å². The number of nitrogens with zero attached hydrogens (tertiary/aromatic N) is 3. The number of carbonyl (C=O) groups is 1.